The Kier molecular flexibility index (Phi) is 9.81. The Bertz CT molecular complexity index is 502. The van der Waals surface area contributed by atoms with Crippen LogP contribution in [0.2, 0.25) is 0 Å². The Morgan fingerprint density at radius 3 is 2.08 bits per heavy atom. The maximum absolute atomic E-state index is 11.8. The van der Waals surface area contributed by atoms with Crippen LogP contribution in [-0.2, 0) is 14.3 Å². The minimum Gasteiger partial charge on any atom is -0.466 e. The fraction of sp³-hybridized carbons (Fsp3) is 0.600. The zero-order valence-corrected chi connectivity index (χ0v) is 15.2. The molecule has 1 rings (SSSR count). The first kappa shape index (κ1) is 20.2. The molecule has 0 unspecified atom stereocenters. The molecule has 134 valence electrons. The molecular formula is C20H30O4. The van der Waals surface area contributed by atoms with E-state index in [1.165, 1.54) is 12.8 Å². The molecule has 0 aromatic heterocycles. The van der Waals surface area contributed by atoms with E-state index in [-0.39, 0.29) is 11.9 Å². The van der Waals surface area contributed by atoms with E-state index in [9.17, 15) is 9.59 Å². The average molecular weight is 334 g/mol. The van der Waals surface area contributed by atoms with E-state index in [1.807, 2.05) is 32.0 Å². The number of aryl methyl sites for hydroxylation is 2. The van der Waals surface area contributed by atoms with E-state index < -0.39 is 0 Å². The summed E-state index contributed by atoms with van der Waals surface area (Å²) >= 11 is 0. The normalized spacial score (nSPS) is 10.5. The number of benzene rings is 1. The highest BCUT2D eigenvalue weighted by Crippen LogP contribution is 2.17. The van der Waals surface area contributed by atoms with Crippen LogP contribution in [0.4, 0.5) is 0 Å². The number of hydrogen-bond donors (Lipinski definition) is 0. The van der Waals surface area contributed by atoms with Crippen LogP contribution >= 0.6 is 0 Å². The highest BCUT2D eigenvalue weighted by atomic mass is 16.5. The second kappa shape index (κ2) is 11.7. The molecular weight excluding hydrogens is 304 g/mol. The molecule has 0 atom stereocenters. The third-order valence-corrected chi connectivity index (χ3v) is 3.70. The number of hydrogen-bond acceptors (Lipinski definition) is 4. The maximum atomic E-state index is 11.8. The number of ether oxygens (including phenoxy) is 2. The van der Waals surface area contributed by atoms with Gasteiger partial charge in [0.25, 0.3) is 0 Å². The number of unbranched alkanes of at least 4 members (excludes halogenated alkanes) is 4. The van der Waals surface area contributed by atoms with Gasteiger partial charge in [0.05, 0.1) is 6.61 Å². The molecule has 0 amide bonds. The quantitative estimate of drug-likeness (QED) is 0.328. The van der Waals surface area contributed by atoms with Crippen molar-refractivity contribution in [3.8, 4) is 5.75 Å². The molecule has 0 heterocycles. The van der Waals surface area contributed by atoms with Gasteiger partial charge in [0, 0.05) is 12.8 Å². The lowest BCUT2D eigenvalue weighted by atomic mass is 10.1. The van der Waals surface area contributed by atoms with Gasteiger partial charge in [-0.1, -0.05) is 32.3 Å². The molecule has 0 N–H and O–H groups in total. The van der Waals surface area contributed by atoms with E-state index >= 15 is 0 Å². The Hall–Kier alpha value is -1.84. The SMILES string of the molecule is CCCCCCOC(=O)CCCCC(=O)Oc1cc(C)cc(C)c1. The topological polar surface area (TPSA) is 52.6 Å². The van der Waals surface area contributed by atoms with Gasteiger partial charge in [-0.05, 0) is 56.4 Å². The lowest BCUT2D eigenvalue weighted by molar-refractivity contribution is -0.144. The van der Waals surface area contributed by atoms with E-state index in [1.54, 1.807) is 0 Å². The third-order valence-electron chi connectivity index (χ3n) is 3.70. The Morgan fingerprint density at radius 2 is 1.46 bits per heavy atom. The fourth-order valence-corrected chi connectivity index (χ4v) is 2.50. The van der Waals surface area contributed by atoms with Crippen molar-refractivity contribution in [2.45, 2.75) is 72.1 Å². The minimum absolute atomic E-state index is 0.172. The van der Waals surface area contributed by atoms with Crippen molar-refractivity contribution in [1.29, 1.82) is 0 Å². The molecule has 24 heavy (non-hydrogen) atoms. The number of rotatable bonds is 11. The molecule has 4 heteroatoms. The fourth-order valence-electron chi connectivity index (χ4n) is 2.50. The summed E-state index contributed by atoms with van der Waals surface area (Å²) in [5.74, 6) is 0.158. The first-order valence-electron chi connectivity index (χ1n) is 8.96. The summed E-state index contributed by atoms with van der Waals surface area (Å²) in [6, 6.07) is 5.73. The van der Waals surface area contributed by atoms with Gasteiger partial charge in [0.1, 0.15) is 5.75 Å². The van der Waals surface area contributed by atoms with Crippen LogP contribution in [0.15, 0.2) is 18.2 Å². The molecule has 0 bridgehead atoms. The predicted octanol–water partition coefficient (Wildman–Crippen LogP) is 4.89. The van der Waals surface area contributed by atoms with Crippen LogP contribution in [-0.4, -0.2) is 18.5 Å². The number of esters is 2. The van der Waals surface area contributed by atoms with Gasteiger partial charge < -0.3 is 9.47 Å². The van der Waals surface area contributed by atoms with Crippen LogP contribution in [0.1, 0.15) is 69.4 Å². The van der Waals surface area contributed by atoms with Crippen molar-refractivity contribution in [3.05, 3.63) is 29.3 Å². The van der Waals surface area contributed by atoms with E-state index in [0.29, 0.717) is 38.0 Å². The van der Waals surface area contributed by atoms with Gasteiger partial charge in [-0.25, -0.2) is 0 Å². The van der Waals surface area contributed by atoms with Crippen molar-refractivity contribution >= 4 is 11.9 Å². The highest BCUT2D eigenvalue weighted by molar-refractivity contribution is 5.72. The van der Waals surface area contributed by atoms with Crippen molar-refractivity contribution in [1.82, 2.24) is 0 Å². The molecule has 1 aromatic rings. The zero-order chi connectivity index (χ0) is 17.8. The molecule has 0 saturated heterocycles. The first-order valence-corrected chi connectivity index (χ1v) is 8.96. The summed E-state index contributed by atoms with van der Waals surface area (Å²) in [6.45, 7) is 6.60. The van der Waals surface area contributed by atoms with Gasteiger partial charge in [-0.15, -0.1) is 0 Å². The summed E-state index contributed by atoms with van der Waals surface area (Å²) < 4.78 is 10.5. The Labute approximate surface area is 145 Å². The van der Waals surface area contributed by atoms with Gasteiger partial charge >= 0.3 is 11.9 Å². The van der Waals surface area contributed by atoms with Gasteiger partial charge in [0.2, 0.25) is 0 Å². The second-order valence-electron chi connectivity index (χ2n) is 6.29. The molecule has 0 aliphatic heterocycles. The van der Waals surface area contributed by atoms with E-state index in [4.69, 9.17) is 9.47 Å². The smallest absolute Gasteiger partial charge is 0.311 e. The van der Waals surface area contributed by atoms with Crippen molar-refractivity contribution in [3.63, 3.8) is 0 Å². The standard InChI is InChI=1S/C20H30O4/c1-4-5-6-9-12-23-19(21)10-7-8-11-20(22)24-18-14-16(2)13-17(3)15-18/h13-15H,4-12H2,1-3H3. The minimum atomic E-state index is -0.257. The molecule has 1 aromatic carbocycles. The van der Waals surface area contributed by atoms with Crippen LogP contribution in [0.5, 0.6) is 5.75 Å². The lowest BCUT2D eigenvalue weighted by Gasteiger charge is -2.07. The molecule has 0 spiro atoms. The van der Waals surface area contributed by atoms with Gasteiger partial charge in [-0.2, -0.15) is 0 Å². The molecule has 0 aliphatic carbocycles. The summed E-state index contributed by atoms with van der Waals surface area (Å²) in [5, 5.41) is 0. The van der Waals surface area contributed by atoms with Crippen molar-refractivity contribution < 1.29 is 19.1 Å². The summed E-state index contributed by atoms with van der Waals surface area (Å²) in [6.07, 6.45) is 6.36. The Morgan fingerprint density at radius 1 is 0.833 bits per heavy atom. The monoisotopic (exact) mass is 334 g/mol. The summed E-state index contributed by atoms with van der Waals surface area (Å²) in [7, 11) is 0. The van der Waals surface area contributed by atoms with Crippen molar-refractivity contribution in [2.75, 3.05) is 6.61 Å². The third kappa shape index (κ3) is 9.33. The number of carbonyl (C=O) groups is 2. The maximum Gasteiger partial charge on any atom is 0.311 e. The predicted molar refractivity (Wildman–Crippen MR) is 95.1 cm³/mol. The van der Waals surface area contributed by atoms with Gasteiger partial charge in [0.15, 0.2) is 0 Å². The largest absolute Gasteiger partial charge is 0.466 e. The molecule has 4 nitrogen and oxygen atoms in total. The van der Waals surface area contributed by atoms with Crippen LogP contribution in [0.3, 0.4) is 0 Å². The van der Waals surface area contributed by atoms with Crippen LogP contribution in [0, 0.1) is 13.8 Å². The number of carbonyl (C=O) groups excluding carboxylic acids is 2. The lowest BCUT2D eigenvalue weighted by Crippen LogP contribution is -2.09. The molecule has 0 saturated carbocycles. The van der Waals surface area contributed by atoms with Crippen LogP contribution < -0.4 is 4.74 Å². The van der Waals surface area contributed by atoms with E-state index in [0.717, 1.165) is 24.0 Å². The molecule has 0 aliphatic rings. The molecule has 0 fully saturated rings. The van der Waals surface area contributed by atoms with Crippen LogP contribution in [0.25, 0.3) is 0 Å². The molecule has 0 radical (unpaired) electrons. The Balaban J connectivity index is 2.11. The summed E-state index contributed by atoms with van der Waals surface area (Å²) in [5.41, 5.74) is 2.14. The average Bonchev–Trinajstić information content (AvgIpc) is 2.50. The van der Waals surface area contributed by atoms with Crippen molar-refractivity contribution in [2.24, 2.45) is 0 Å². The first-order chi connectivity index (χ1) is 11.5. The summed E-state index contributed by atoms with van der Waals surface area (Å²) in [4.78, 5) is 23.4. The highest BCUT2D eigenvalue weighted by Gasteiger charge is 2.08. The van der Waals surface area contributed by atoms with E-state index in [2.05, 4.69) is 6.92 Å². The zero-order valence-electron chi connectivity index (χ0n) is 15.2. The van der Waals surface area contributed by atoms with Gasteiger partial charge in [-0.3, -0.25) is 9.59 Å². The second-order valence-corrected chi connectivity index (χ2v) is 6.29.